The van der Waals surface area contributed by atoms with Gasteiger partial charge in [0.15, 0.2) is 0 Å². The van der Waals surface area contributed by atoms with E-state index in [0.717, 1.165) is 0 Å². The van der Waals surface area contributed by atoms with Gasteiger partial charge in [-0.2, -0.15) is 0 Å². The van der Waals surface area contributed by atoms with E-state index in [2.05, 4.69) is 220 Å². The molecule has 1 aliphatic carbocycles. The van der Waals surface area contributed by atoms with Gasteiger partial charge in [0.05, 0.1) is 5.41 Å². The quantitative estimate of drug-likeness (QED) is 0.112. The molecule has 0 heteroatoms. The molecule has 0 spiro atoms. The Morgan fingerprint density at radius 2 is 0.803 bits per heavy atom. The summed E-state index contributed by atoms with van der Waals surface area (Å²) in [6.45, 7) is 4.46. The molecule has 0 N–H and O–H groups in total. The number of unbranched alkanes of at least 4 members (excludes halogenated alkanes) is 3. The topological polar surface area (TPSA) is 0 Å². The van der Waals surface area contributed by atoms with Gasteiger partial charge in [0.2, 0.25) is 0 Å². The number of rotatable bonds is 7. The zero-order valence-electron chi connectivity index (χ0n) is 35.0. The summed E-state index contributed by atoms with van der Waals surface area (Å²) in [5, 5.41) is 12.9. The minimum absolute atomic E-state index is 0.513. The van der Waals surface area contributed by atoms with E-state index in [1.165, 1.54) is 135 Å². The third-order valence-electron chi connectivity index (χ3n) is 13.4. The molecule has 0 nitrogen and oxygen atoms in total. The summed E-state index contributed by atoms with van der Waals surface area (Å²) >= 11 is 0. The predicted molar refractivity (Wildman–Crippen MR) is 263 cm³/mol. The van der Waals surface area contributed by atoms with Crippen LogP contribution in [0.3, 0.4) is 0 Å². The largest absolute Gasteiger partial charge is 0.0714 e. The highest BCUT2D eigenvalue weighted by Crippen LogP contribution is 2.60. The van der Waals surface area contributed by atoms with Gasteiger partial charge in [-0.1, -0.05) is 222 Å². The fraction of sp³-hybridized carbons (Fsp3) is 0.115. The van der Waals surface area contributed by atoms with Crippen LogP contribution in [0.25, 0.3) is 87.2 Å². The smallest absolute Gasteiger partial charge is 0.0654 e. The van der Waals surface area contributed by atoms with Gasteiger partial charge in [-0.3, -0.25) is 0 Å². The molecule has 11 aromatic rings. The predicted octanol–water partition coefficient (Wildman–Crippen LogP) is 17.2. The molecule has 0 aliphatic heterocycles. The molecule has 0 aromatic heterocycles. The maximum atomic E-state index is 2.52. The molecule has 0 fully saturated rings. The van der Waals surface area contributed by atoms with Gasteiger partial charge in [-0.25, -0.2) is 0 Å². The van der Waals surface area contributed by atoms with Crippen LogP contribution < -0.4 is 0 Å². The second-order valence-corrected chi connectivity index (χ2v) is 16.9. The monoisotopic (exact) mass is 780 g/mol. The maximum Gasteiger partial charge on any atom is 0.0714 e. The lowest BCUT2D eigenvalue weighted by Gasteiger charge is -2.34. The first-order chi connectivity index (χ1) is 30.2. The number of hydrogen-bond donors (Lipinski definition) is 0. The van der Waals surface area contributed by atoms with Crippen LogP contribution in [-0.2, 0) is 5.41 Å². The van der Waals surface area contributed by atoms with Crippen molar-refractivity contribution in [2.45, 2.75) is 44.9 Å². The summed E-state index contributed by atoms with van der Waals surface area (Å²) in [5.41, 5.74) is 12.4. The van der Waals surface area contributed by atoms with Gasteiger partial charge in [-0.15, -0.1) is 0 Å². The van der Waals surface area contributed by atoms with Crippen molar-refractivity contribution in [2.24, 2.45) is 0 Å². The van der Waals surface area contributed by atoms with Crippen molar-refractivity contribution in [3.05, 3.63) is 229 Å². The molecule has 1 aliphatic rings. The molecule has 0 unspecified atom stereocenters. The Labute approximate surface area is 359 Å². The average Bonchev–Trinajstić information content (AvgIpc) is 3.63. The van der Waals surface area contributed by atoms with E-state index in [4.69, 9.17) is 0 Å². The summed E-state index contributed by atoms with van der Waals surface area (Å²) in [6, 6.07) is 77.3. The zero-order valence-corrected chi connectivity index (χ0v) is 35.0. The third kappa shape index (κ3) is 5.96. The lowest BCUT2D eigenvalue weighted by molar-refractivity contribution is 0.702. The van der Waals surface area contributed by atoms with Gasteiger partial charge in [-0.05, 0) is 134 Å². The molecule has 0 saturated carbocycles. The van der Waals surface area contributed by atoms with Gasteiger partial charge in [0.1, 0.15) is 0 Å². The maximum absolute atomic E-state index is 2.52. The van der Waals surface area contributed by atoms with Crippen LogP contribution in [0.2, 0.25) is 0 Å². The second kappa shape index (κ2) is 15.2. The van der Waals surface area contributed by atoms with E-state index in [1.807, 2.05) is 0 Å². The molecule has 0 atom stereocenters. The van der Waals surface area contributed by atoms with Crippen LogP contribution >= 0.6 is 0 Å². The molecule has 12 rings (SSSR count). The lowest BCUT2D eigenvalue weighted by Crippen LogP contribution is -2.28. The molecule has 61 heavy (non-hydrogen) atoms. The van der Waals surface area contributed by atoms with E-state index in [-0.39, 0.29) is 0 Å². The number of hydrogen-bond acceptors (Lipinski definition) is 0. The van der Waals surface area contributed by atoms with Crippen molar-refractivity contribution in [1.82, 2.24) is 0 Å². The van der Waals surface area contributed by atoms with Crippen molar-refractivity contribution in [2.75, 3.05) is 0 Å². The molecule has 0 heterocycles. The van der Waals surface area contributed by atoms with Crippen molar-refractivity contribution >= 4 is 53.9 Å². The molecular weight excluding hydrogens is 733 g/mol. The first kappa shape index (κ1) is 37.0. The number of fused-ring (bicyclic) bond motifs is 6. The minimum Gasteiger partial charge on any atom is -0.0654 e. The molecule has 11 aromatic carbocycles. The Bertz CT molecular complexity index is 3330. The molecule has 0 radical (unpaired) electrons. The van der Waals surface area contributed by atoms with Crippen LogP contribution in [0.15, 0.2) is 206 Å². The average molecular weight is 781 g/mol. The number of benzene rings is 11. The molecule has 292 valence electrons. The van der Waals surface area contributed by atoms with Crippen LogP contribution in [0, 0.1) is 0 Å². The van der Waals surface area contributed by atoms with Crippen LogP contribution in [0.5, 0.6) is 0 Å². The van der Waals surface area contributed by atoms with E-state index < -0.39 is 5.41 Å². The first-order valence-electron chi connectivity index (χ1n) is 22.2. The van der Waals surface area contributed by atoms with E-state index in [0.29, 0.717) is 0 Å². The van der Waals surface area contributed by atoms with Crippen LogP contribution in [0.4, 0.5) is 0 Å². The van der Waals surface area contributed by atoms with Gasteiger partial charge in [0.25, 0.3) is 0 Å². The van der Waals surface area contributed by atoms with Gasteiger partial charge in [0, 0.05) is 0 Å². The molecule has 0 amide bonds. The van der Waals surface area contributed by atoms with E-state index in [1.54, 1.807) is 0 Å². The highest BCUT2D eigenvalue weighted by atomic mass is 14.5. The Balaban J connectivity index is 0.000000656. The zero-order chi connectivity index (χ0) is 40.9. The normalized spacial score (nSPS) is 12.8. The Kier molecular flexibility index (Phi) is 9.24. The Morgan fingerprint density at radius 1 is 0.328 bits per heavy atom. The Hall–Kier alpha value is -7.02. The van der Waals surface area contributed by atoms with Crippen LogP contribution in [-0.4, -0.2) is 0 Å². The summed E-state index contributed by atoms with van der Waals surface area (Å²) in [4.78, 5) is 0. The Morgan fingerprint density at radius 3 is 1.46 bits per heavy atom. The highest BCUT2D eigenvalue weighted by molar-refractivity contribution is 6.28. The van der Waals surface area contributed by atoms with Crippen molar-refractivity contribution < 1.29 is 0 Å². The van der Waals surface area contributed by atoms with Crippen molar-refractivity contribution in [3.63, 3.8) is 0 Å². The SMILES string of the molecule is CCCCCC.c1ccc(C2(c3ccccc3)c3cc(-c4ccc5ccccc5c4)ccc3-c3c2cc2ccc4c(-c5ccc6ccccc6c5)ccc5ccc3c2c54)cc1. The molecule has 0 saturated heterocycles. The van der Waals surface area contributed by atoms with Crippen molar-refractivity contribution in [3.8, 4) is 33.4 Å². The van der Waals surface area contributed by atoms with E-state index in [9.17, 15) is 0 Å². The van der Waals surface area contributed by atoms with Crippen molar-refractivity contribution in [1.29, 1.82) is 0 Å². The lowest BCUT2D eigenvalue weighted by atomic mass is 9.67. The van der Waals surface area contributed by atoms with E-state index >= 15 is 0 Å². The molecular formula is C61H48. The highest BCUT2D eigenvalue weighted by Gasteiger charge is 2.47. The second-order valence-electron chi connectivity index (χ2n) is 16.9. The third-order valence-corrected chi connectivity index (χ3v) is 13.4. The summed E-state index contributed by atoms with van der Waals surface area (Å²) in [7, 11) is 0. The fourth-order valence-electron chi connectivity index (χ4n) is 10.5. The first-order valence-corrected chi connectivity index (χ1v) is 22.2. The summed E-state index contributed by atoms with van der Waals surface area (Å²) in [6.07, 6.45) is 5.54. The fourth-order valence-corrected chi connectivity index (χ4v) is 10.5. The molecule has 0 bridgehead atoms. The minimum atomic E-state index is -0.513. The summed E-state index contributed by atoms with van der Waals surface area (Å²) in [5.74, 6) is 0. The summed E-state index contributed by atoms with van der Waals surface area (Å²) < 4.78 is 0. The van der Waals surface area contributed by atoms with Crippen LogP contribution in [0.1, 0.15) is 61.8 Å². The standard InChI is InChI=1S/C55H34.C6H14/c1-3-15-44(16-4-1)55(45-17-5-2-6-18-45)50-33-41(40-21-19-35-11-7-9-13-38(35)31-40)25-29-48(50)54-49-30-24-37-23-27-46(42-22-20-36-12-8-10-14-39(36)32-42)47-28-26-43(34-51(54)55)53(49)52(37)47;1-3-5-6-4-2/h1-34H;3-6H2,1-2H3. The van der Waals surface area contributed by atoms with Gasteiger partial charge >= 0.3 is 0 Å². The van der Waals surface area contributed by atoms with Gasteiger partial charge < -0.3 is 0 Å².